The first-order chi connectivity index (χ1) is 7.68. The van der Waals surface area contributed by atoms with Gasteiger partial charge in [0.15, 0.2) is 0 Å². The number of Topliss-reactive ketones (excluding diaryl/α,β-unsaturated/α-hetero) is 1. The van der Waals surface area contributed by atoms with Gasteiger partial charge in [0.25, 0.3) is 0 Å². The fourth-order valence-electron chi connectivity index (χ4n) is 1.13. The molecule has 1 heterocycles. The molecular weight excluding hydrogens is 247 g/mol. The minimum atomic E-state index is -5.86. The smallest absolute Gasteiger partial charge is 0.292 e. The third-order valence-corrected chi connectivity index (χ3v) is 2.08. The number of halogens is 5. The van der Waals surface area contributed by atoms with Crippen molar-refractivity contribution in [3.8, 4) is 0 Å². The van der Waals surface area contributed by atoms with Crippen molar-refractivity contribution in [1.29, 1.82) is 0 Å². The largest absolute Gasteiger partial charge is 0.461 e. The highest BCUT2D eigenvalue weighted by atomic mass is 19.4. The molecule has 0 unspecified atom stereocenters. The standard InChI is InChI=1S/C9H9F5N2O/c1-2-16-5-6(4-15-16)3-7(17)8(10,11)9(12,13)14/h4-5H,2-3H2,1H3. The lowest BCUT2D eigenvalue weighted by Gasteiger charge is -2.17. The van der Waals surface area contributed by atoms with Crippen LogP contribution in [0.2, 0.25) is 0 Å². The Morgan fingerprint density at radius 1 is 1.35 bits per heavy atom. The van der Waals surface area contributed by atoms with Crippen LogP contribution >= 0.6 is 0 Å². The lowest BCUT2D eigenvalue weighted by molar-refractivity contribution is -0.268. The van der Waals surface area contributed by atoms with Crippen LogP contribution in [0.3, 0.4) is 0 Å². The number of alkyl halides is 5. The first kappa shape index (κ1) is 13.6. The molecule has 0 aliphatic carbocycles. The van der Waals surface area contributed by atoms with Crippen molar-refractivity contribution in [2.75, 3.05) is 0 Å². The van der Waals surface area contributed by atoms with Crippen molar-refractivity contribution in [2.24, 2.45) is 0 Å². The Morgan fingerprint density at radius 2 is 1.94 bits per heavy atom. The summed E-state index contributed by atoms with van der Waals surface area (Å²) < 4.78 is 62.1. The van der Waals surface area contributed by atoms with Crippen LogP contribution in [0.1, 0.15) is 12.5 Å². The maximum absolute atomic E-state index is 12.6. The highest BCUT2D eigenvalue weighted by Gasteiger charge is 2.62. The van der Waals surface area contributed by atoms with Crippen LogP contribution in [-0.4, -0.2) is 27.7 Å². The van der Waals surface area contributed by atoms with Crippen molar-refractivity contribution < 1.29 is 26.7 Å². The van der Waals surface area contributed by atoms with Crippen LogP contribution < -0.4 is 0 Å². The summed E-state index contributed by atoms with van der Waals surface area (Å²) in [5.74, 6) is -7.50. The number of aromatic nitrogens is 2. The van der Waals surface area contributed by atoms with Gasteiger partial charge >= 0.3 is 12.1 Å². The van der Waals surface area contributed by atoms with E-state index in [-0.39, 0.29) is 5.56 Å². The first-order valence-corrected chi connectivity index (χ1v) is 4.67. The normalized spacial score (nSPS) is 12.8. The van der Waals surface area contributed by atoms with Gasteiger partial charge in [0.2, 0.25) is 5.78 Å². The van der Waals surface area contributed by atoms with E-state index in [1.54, 1.807) is 6.92 Å². The second-order valence-corrected chi connectivity index (χ2v) is 3.38. The van der Waals surface area contributed by atoms with Gasteiger partial charge < -0.3 is 0 Å². The molecule has 1 rings (SSSR count). The lowest BCUT2D eigenvalue weighted by Crippen LogP contribution is -2.44. The maximum atomic E-state index is 12.6. The molecule has 0 aliphatic heterocycles. The van der Waals surface area contributed by atoms with Gasteiger partial charge in [0, 0.05) is 19.2 Å². The molecule has 0 aromatic carbocycles. The van der Waals surface area contributed by atoms with Crippen molar-refractivity contribution in [1.82, 2.24) is 9.78 Å². The molecule has 0 N–H and O–H groups in total. The zero-order valence-electron chi connectivity index (χ0n) is 8.76. The molecule has 0 radical (unpaired) electrons. The van der Waals surface area contributed by atoms with Crippen molar-refractivity contribution in [3.63, 3.8) is 0 Å². The number of aryl methyl sites for hydroxylation is 1. The lowest BCUT2D eigenvalue weighted by atomic mass is 10.1. The molecule has 0 aliphatic rings. The Morgan fingerprint density at radius 3 is 2.35 bits per heavy atom. The van der Waals surface area contributed by atoms with Crippen LogP contribution in [0.5, 0.6) is 0 Å². The van der Waals surface area contributed by atoms with Gasteiger partial charge in [0.05, 0.1) is 6.20 Å². The van der Waals surface area contributed by atoms with Crippen molar-refractivity contribution >= 4 is 5.78 Å². The summed E-state index contributed by atoms with van der Waals surface area (Å²) in [6, 6.07) is 0. The number of nitrogens with zero attached hydrogens (tertiary/aromatic N) is 2. The van der Waals surface area contributed by atoms with E-state index in [1.807, 2.05) is 0 Å². The molecule has 96 valence electrons. The first-order valence-electron chi connectivity index (χ1n) is 4.67. The quantitative estimate of drug-likeness (QED) is 0.774. The zero-order valence-corrected chi connectivity index (χ0v) is 8.76. The van der Waals surface area contributed by atoms with E-state index in [1.165, 1.54) is 10.9 Å². The topological polar surface area (TPSA) is 34.9 Å². The van der Waals surface area contributed by atoms with Gasteiger partial charge in [-0.25, -0.2) is 0 Å². The summed E-state index contributed by atoms with van der Waals surface area (Å²) in [7, 11) is 0. The maximum Gasteiger partial charge on any atom is 0.461 e. The Kier molecular flexibility index (Phi) is 3.53. The van der Waals surface area contributed by atoms with E-state index in [2.05, 4.69) is 5.10 Å². The summed E-state index contributed by atoms with van der Waals surface area (Å²) in [6.07, 6.45) is -4.50. The van der Waals surface area contributed by atoms with Gasteiger partial charge in [-0.05, 0) is 12.5 Å². The van der Waals surface area contributed by atoms with E-state index in [0.717, 1.165) is 6.20 Å². The average Bonchev–Trinajstić information content (AvgIpc) is 2.63. The molecule has 0 bridgehead atoms. The van der Waals surface area contributed by atoms with E-state index in [0.29, 0.717) is 6.54 Å². The molecule has 0 saturated carbocycles. The SMILES string of the molecule is CCn1cc(CC(=O)C(F)(F)C(F)(F)F)cn1. The van der Waals surface area contributed by atoms with Gasteiger partial charge in [-0.1, -0.05) is 0 Å². The number of rotatable bonds is 4. The predicted molar refractivity (Wildman–Crippen MR) is 47.6 cm³/mol. The van der Waals surface area contributed by atoms with E-state index in [9.17, 15) is 26.7 Å². The second-order valence-electron chi connectivity index (χ2n) is 3.38. The predicted octanol–water partition coefficient (Wildman–Crippen LogP) is 2.21. The molecule has 0 amide bonds. The minimum Gasteiger partial charge on any atom is -0.292 e. The molecule has 1 aromatic rings. The van der Waals surface area contributed by atoms with Gasteiger partial charge in [-0.3, -0.25) is 9.48 Å². The monoisotopic (exact) mass is 256 g/mol. The van der Waals surface area contributed by atoms with Crippen LogP contribution in [-0.2, 0) is 17.8 Å². The summed E-state index contributed by atoms with van der Waals surface area (Å²) in [6.45, 7) is 2.15. The fraction of sp³-hybridized carbons (Fsp3) is 0.556. The summed E-state index contributed by atoms with van der Waals surface area (Å²) in [4.78, 5) is 10.9. The average molecular weight is 256 g/mol. The van der Waals surface area contributed by atoms with Crippen LogP contribution in [0.4, 0.5) is 22.0 Å². The fourth-order valence-corrected chi connectivity index (χ4v) is 1.13. The Balaban J connectivity index is 2.79. The number of carbonyl (C=O) groups is 1. The van der Waals surface area contributed by atoms with Gasteiger partial charge in [-0.15, -0.1) is 0 Å². The Bertz CT molecular complexity index is 410. The highest BCUT2D eigenvalue weighted by molar-refractivity contribution is 5.88. The third-order valence-electron chi connectivity index (χ3n) is 2.08. The van der Waals surface area contributed by atoms with Crippen molar-refractivity contribution in [3.05, 3.63) is 18.0 Å². The molecule has 8 heteroatoms. The number of carbonyl (C=O) groups excluding carboxylic acids is 1. The zero-order chi connectivity index (χ0) is 13.3. The van der Waals surface area contributed by atoms with Gasteiger partial charge in [-0.2, -0.15) is 27.1 Å². The van der Waals surface area contributed by atoms with E-state index < -0.39 is 24.3 Å². The Labute approximate surface area is 93.2 Å². The molecule has 0 saturated heterocycles. The highest BCUT2D eigenvalue weighted by Crippen LogP contribution is 2.36. The molecule has 1 aromatic heterocycles. The number of hydrogen-bond donors (Lipinski definition) is 0. The second kappa shape index (κ2) is 4.42. The molecular formula is C9H9F5N2O. The molecule has 0 atom stereocenters. The summed E-state index contributed by atoms with van der Waals surface area (Å²) in [5, 5.41) is 3.67. The number of hydrogen-bond acceptors (Lipinski definition) is 2. The van der Waals surface area contributed by atoms with E-state index in [4.69, 9.17) is 0 Å². The molecule has 0 fully saturated rings. The van der Waals surface area contributed by atoms with Crippen LogP contribution in [0.25, 0.3) is 0 Å². The Hall–Kier alpha value is -1.47. The summed E-state index contributed by atoms with van der Waals surface area (Å²) in [5.41, 5.74) is 0.0285. The van der Waals surface area contributed by atoms with Crippen molar-refractivity contribution in [2.45, 2.75) is 32.0 Å². The third kappa shape index (κ3) is 2.80. The summed E-state index contributed by atoms with van der Waals surface area (Å²) >= 11 is 0. The molecule has 3 nitrogen and oxygen atoms in total. The van der Waals surface area contributed by atoms with Gasteiger partial charge in [0.1, 0.15) is 0 Å². The molecule has 17 heavy (non-hydrogen) atoms. The minimum absolute atomic E-state index is 0.0285. The van der Waals surface area contributed by atoms with E-state index >= 15 is 0 Å². The van der Waals surface area contributed by atoms with Crippen LogP contribution in [0, 0.1) is 0 Å². The van der Waals surface area contributed by atoms with Crippen LogP contribution in [0.15, 0.2) is 12.4 Å². The number of ketones is 1. The molecule has 0 spiro atoms.